The molecule has 0 aromatic heterocycles. The molecule has 1 aromatic rings. The van der Waals surface area contributed by atoms with E-state index in [0.29, 0.717) is 19.0 Å². The molecule has 6 nitrogen and oxygen atoms in total. The van der Waals surface area contributed by atoms with E-state index < -0.39 is 11.7 Å². The maximum Gasteiger partial charge on any atom is 0.407 e. The Hall–Kier alpha value is -1.22. The maximum atomic E-state index is 11.5. The highest BCUT2D eigenvalue weighted by Gasteiger charge is 2.15. The first-order valence-corrected chi connectivity index (χ1v) is 8.34. The molecule has 142 valence electrons. The van der Waals surface area contributed by atoms with Crippen molar-refractivity contribution in [3.05, 3.63) is 34.9 Å². The van der Waals surface area contributed by atoms with Gasteiger partial charge < -0.3 is 20.7 Å². The molecule has 1 rings (SSSR count). The van der Waals surface area contributed by atoms with Crippen molar-refractivity contribution in [2.45, 2.75) is 32.8 Å². The Labute approximate surface area is 172 Å². The van der Waals surface area contributed by atoms with Gasteiger partial charge in [-0.05, 0) is 44.9 Å². The molecule has 0 heterocycles. The zero-order valence-electron chi connectivity index (χ0n) is 15.2. The standard InChI is InChI=1S/C17H27ClN4O2.HI/c1-17(2,3)24-16(23)22-12-11-21-15(19-4)20-10-9-13-5-7-14(18)8-6-13;/h5-8H,9-12H2,1-4H3,(H,22,23)(H2,19,20,21);1H. The minimum Gasteiger partial charge on any atom is -0.444 e. The average Bonchev–Trinajstić information content (AvgIpc) is 2.49. The summed E-state index contributed by atoms with van der Waals surface area (Å²) in [4.78, 5) is 15.6. The lowest BCUT2D eigenvalue weighted by molar-refractivity contribution is 0.0529. The zero-order valence-corrected chi connectivity index (χ0v) is 18.3. The molecule has 0 saturated heterocycles. The van der Waals surface area contributed by atoms with Crippen molar-refractivity contribution in [2.75, 3.05) is 26.7 Å². The Bertz CT molecular complexity index is 545. The van der Waals surface area contributed by atoms with Gasteiger partial charge in [0.05, 0.1) is 0 Å². The van der Waals surface area contributed by atoms with Crippen molar-refractivity contribution in [3.63, 3.8) is 0 Å². The smallest absolute Gasteiger partial charge is 0.407 e. The van der Waals surface area contributed by atoms with E-state index in [4.69, 9.17) is 16.3 Å². The van der Waals surface area contributed by atoms with Crippen LogP contribution in [-0.2, 0) is 11.2 Å². The largest absolute Gasteiger partial charge is 0.444 e. The number of nitrogens with one attached hydrogen (secondary N) is 3. The number of nitrogens with zero attached hydrogens (tertiary/aromatic N) is 1. The first-order valence-electron chi connectivity index (χ1n) is 7.96. The average molecular weight is 483 g/mol. The van der Waals surface area contributed by atoms with Crippen LogP contribution in [0.2, 0.25) is 5.02 Å². The number of hydrogen-bond acceptors (Lipinski definition) is 3. The molecule has 1 amide bonds. The fourth-order valence-corrected chi connectivity index (χ4v) is 1.98. The molecule has 0 aliphatic carbocycles. The summed E-state index contributed by atoms with van der Waals surface area (Å²) in [7, 11) is 1.71. The van der Waals surface area contributed by atoms with E-state index in [1.807, 2.05) is 45.0 Å². The van der Waals surface area contributed by atoms with Gasteiger partial charge in [-0.15, -0.1) is 24.0 Å². The summed E-state index contributed by atoms with van der Waals surface area (Å²) >= 11 is 5.86. The normalized spacial score (nSPS) is 11.3. The van der Waals surface area contributed by atoms with Crippen LogP contribution in [-0.4, -0.2) is 44.3 Å². The Morgan fingerprint density at radius 3 is 2.20 bits per heavy atom. The number of benzene rings is 1. The third-order valence-corrected chi connectivity index (χ3v) is 3.18. The van der Waals surface area contributed by atoms with Crippen molar-refractivity contribution in [2.24, 2.45) is 4.99 Å². The Balaban J connectivity index is 0.00000576. The molecular formula is C17H28ClIN4O2. The lowest BCUT2D eigenvalue weighted by Gasteiger charge is -2.19. The van der Waals surface area contributed by atoms with Crippen LogP contribution >= 0.6 is 35.6 Å². The van der Waals surface area contributed by atoms with E-state index in [0.717, 1.165) is 18.0 Å². The third-order valence-electron chi connectivity index (χ3n) is 2.93. The number of rotatable bonds is 6. The second-order valence-corrected chi connectivity index (χ2v) is 6.67. The predicted octanol–water partition coefficient (Wildman–Crippen LogP) is 3.19. The first-order chi connectivity index (χ1) is 11.3. The summed E-state index contributed by atoms with van der Waals surface area (Å²) in [6.07, 6.45) is 0.448. The number of aliphatic imine (C=N–C) groups is 1. The Morgan fingerprint density at radius 1 is 1.08 bits per heavy atom. The van der Waals surface area contributed by atoms with Crippen molar-refractivity contribution >= 4 is 47.6 Å². The van der Waals surface area contributed by atoms with Crippen LogP contribution in [0.3, 0.4) is 0 Å². The number of carbonyl (C=O) groups excluding carboxylic acids is 1. The van der Waals surface area contributed by atoms with Crippen molar-refractivity contribution < 1.29 is 9.53 Å². The second-order valence-electron chi connectivity index (χ2n) is 6.23. The van der Waals surface area contributed by atoms with Gasteiger partial charge >= 0.3 is 6.09 Å². The summed E-state index contributed by atoms with van der Waals surface area (Å²) < 4.78 is 5.16. The molecule has 0 unspecified atom stereocenters. The van der Waals surface area contributed by atoms with E-state index in [-0.39, 0.29) is 24.0 Å². The lowest BCUT2D eigenvalue weighted by atomic mass is 10.1. The topological polar surface area (TPSA) is 74.8 Å². The number of halogens is 2. The number of hydrogen-bond donors (Lipinski definition) is 3. The summed E-state index contributed by atoms with van der Waals surface area (Å²) in [5.74, 6) is 0.690. The van der Waals surface area contributed by atoms with Crippen LogP contribution in [0.5, 0.6) is 0 Å². The lowest BCUT2D eigenvalue weighted by Crippen LogP contribution is -2.42. The quantitative estimate of drug-likeness (QED) is 0.252. The number of carbonyl (C=O) groups is 1. The third kappa shape index (κ3) is 11.9. The molecule has 3 N–H and O–H groups in total. The van der Waals surface area contributed by atoms with E-state index >= 15 is 0 Å². The van der Waals surface area contributed by atoms with Crippen molar-refractivity contribution in [1.29, 1.82) is 0 Å². The van der Waals surface area contributed by atoms with Crippen LogP contribution < -0.4 is 16.0 Å². The van der Waals surface area contributed by atoms with Crippen molar-refractivity contribution in [1.82, 2.24) is 16.0 Å². The van der Waals surface area contributed by atoms with Crippen LogP contribution in [0.4, 0.5) is 4.79 Å². The zero-order chi connectivity index (χ0) is 18.0. The summed E-state index contributed by atoms with van der Waals surface area (Å²) in [6, 6.07) is 7.77. The fraction of sp³-hybridized carbons (Fsp3) is 0.529. The van der Waals surface area contributed by atoms with Gasteiger partial charge in [0, 0.05) is 31.7 Å². The molecule has 0 fully saturated rings. The Morgan fingerprint density at radius 2 is 1.64 bits per heavy atom. The van der Waals surface area contributed by atoms with Gasteiger partial charge in [0.25, 0.3) is 0 Å². The number of guanidine groups is 1. The maximum absolute atomic E-state index is 11.5. The second kappa shape index (κ2) is 12.2. The SMILES string of the molecule is CN=C(NCCNC(=O)OC(C)(C)C)NCCc1ccc(Cl)cc1.I. The summed E-state index contributed by atoms with van der Waals surface area (Å²) in [5.41, 5.74) is 0.713. The predicted molar refractivity (Wildman–Crippen MR) is 114 cm³/mol. The molecule has 1 aromatic carbocycles. The highest BCUT2D eigenvalue weighted by molar-refractivity contribution is 14.0. The minimum absolute atomic E-state index is 0. The summed E-state index contributed by atoms with van der Waals surface area (Å²) in [6.45, 7) is 7.25. The number of amides is 1. The fourth-order valence-electron chi connectivity index (χ4n) is 1.86. The molecule has 0 atom stereocenters. The van der Waals surface area contributed by atoms with Gasteiger partial charge in [0.2, 0.25) is 0 Å². The minimum atomic E-state index is -0.489. The highest BCUT2D eigenvalue weighted by atomic mass is 127. The van der Waals surface area contributed by atoms with Crippen LogP contribution in [0.25, 0.3) is 0 Å². The molecule has 0 spiro atoms. The molecule has 0 radical (unpaired) electrons. The van der Waals surface area contributed by atoms with Gasteiger partial charge in [-0.2, -0.15) is 0 Å². The molecule has 0 saturated carbocycles. The number of ether oxygens (including phenoxy) is 1. The van der Waals surface area contributed by atoms with Gasteiger partial charge in [0.15, 0.2) is 5.96 Å². The molecule has 0 aliphatic rings. The van der Waals surface area contributed by atoms with Crippen LogP contribution in [0.1, 0.15) is 26.3 Å². The molecule has 0 bridgehead atoms. The van der Waals surface area contributed by atoms with E-state index in [1.54, 1.807) is 7.05 Å². The van der Waals surface area contributed by atoms with Crippen LogP contribution in [0, 0.1) is 0 Å². The van der Waals surface area contributed by atoms with Gasteiger partial charge in [-0.25, -0.2) is 4.79 Å². The Kier molecular flexibility index (Phi) is 11.6. The molecule has 0 aliphatic heterocycles. The van der Waals surface area contributed by atoms with Crippen LogP contribution in [0.15, 0.2) is 29.3 Å². The monoisotopic (exact) mass is 482 g/mol. The first kappa shape index (κ1) is 23.8. The van der Waals surface area contributed by atoms with E-state index in [1.165, 1.54) is 5.56 Å². The van der Waals surface area contributed by atoms with E-state index in [9.17, 15) is 4.79 Å². The molecule has 25 heavy (non-hydrogen) atoms. The van der Waals surface area contributed by atoms with Gasteiger partial charge in [-0.3, -0.25) is 4.99 Å². The van der Waals surface area contributed by atoms with Crippen molar-refractivity contribution in [3.8, 4) is 0 Å². The highest BCUT2D eigenvalue weighted by Crippen LogP contribution is 2.09. The van der Waals surface area contributed by atoms with E-state index in [2.05, 4.69) is 20.9 Å². The molecular weight excluding hydrogens is 455 g/mol. The van der Waals surface area contributed by atoms with Gasteiger partial charge in [-0.1, -0.05) is 23.7 Å². The van der Waals surface area contributed by atoms with Gasteiger partial charge in [0.1, 0.15) is 5.60 Å². The summed E-state index contributed by atoms with van der Waals surface area (Å²) in [5, 5.41) is 9.78. The number of alkyl carbamates (subject to hydrolysis) is 1. The molecule has 8 heteroatoms.